The highest BCUT2D eigenvalue weighted by atomic mass is 35.5. The van der Waals surface area contributed by atoms with Crippen molar-refractivity contribution in [2.45, 2.75) is 13.8 Å². The molecule has 2 heterocycles. The molecule has 17 heavy (non-hydrogen) atoms. The van der Waals surface area contributed by atoms with Crippen LogP contribution in [0.25, 0.3) is 10.2 Å². The van der Waals surface area contributed by atoms with Crippen LogP contribution >= 0.6 is 22.9 Å². The second-order valence-electron chi connectivity index (χ2n) is 3.33. The zero-order valence-corrected chi connectivity index (χ0v) is 10.9. The minimum absolute atomic E-state index is 0.0756. The van der Waals surface area contributed by atoms with Crippen molar-refractivity contribution in [2.24, 2.45) is 0 Å². The number of halogens is 1. The van der Waals surface area contributed by atoms with Crippen LogP contribution in [0.1, 0.15) is 22.2 Å². The third-order valence-corrected chi connectivity index (χ3v) is 3.59. The van der Waals surface area contributed by atoms with Crippen molar-refractivity contribution in [1.82, 2.24) is 9.97 Å². The first kappa shape index (κ1) is 12.1. The molecule has 0 bridgehead atoms. The zero-order chi connectivity index (χ0) is 12.6. The summed E-state index contributed by atoms with van der Waals surface area (Å²) in [6.45, 7) is 3.87. The molecule has 0 fully saturated rings. The third kappa shape index (κ3) is 2.05. The molecule has 0 aliphatic carbocycles. The lowest BCUT2D eigenvalue weighted by Gasteiger charge is -1.99. The Kier molecular flexibility index (Phi) is 3.17. The number of rotatable bonds is 2. The van der Waals surface area contributed by atoms with Gasteiger partial charge in [-0.15, -0.1) is 11.3 Å². The third-order valence-electron chi connectivity index (χ3n) is 2.25. The van der Waals surface area contributed by atoms with E-state index in [0.717, 1.165) is 5.56 Å². The summed E-state index contributed by atoms with van der Waals surface area (Å²) < 4.78 is 4.96. The Morgan fingerprint density at radius 2 is 2.24 bits per heavy atom. The number of carbonyl (C=O) groups excluding carboxylic acids is 1. The Hall–Kier alpha value is -1.40. The van der Waals surface area contributed by atoms with Crippen molar-refractivity contribution >= 4 is 44.9 Å². The Morgan fingerprint density at radius 1 is 1.53 bits per heavy atom. The van der Waals surface area contributed by atoms with Crippen LogP contribution in [-0.2, 0) is 4.74 Å². The minimum Gasteiger partial charge on any atom is -0.462 e. The fourth-order valence-electron chi connectivity index (χ4n) is 1.53. The summed E-state index contributed by atoms with van der Waals surface area (Å²) >= 11 is 6.92. The number of hydrogen-bond acceptors (Lipinski definition) is 6. The molecule has 0 atom stereocenters. The van der Waals surface area contributed by atoms with Gasteiger partial charge in [0.15, 0.2) is 0 Å². The molecular formula is C10H10ClN3O2S. The molecule has 0 aliphatic rings. The number of aryl methyl sites for hydroxylation is 1. The molecule has 7 heteroatoms. The van der Waals surface area contributed by atoms with Gasteiger partial charge in [-0.2, -0.15) is 0 Å². The van der Waals surface area contributed by atoms with Crippen LogP contribution in [0.3, 0.4) is 0 Å². The van der Waals surface area contributed by atoms with E-state index in [4.69, 9.17) is 22.1 Å². The van der Waals surface area contributed by atoms with Gasteiger partial charge in [-0.1, -0.05) is 0 Å². The van der Waals surface area contributed by atoms with Crippen LogP contribution in [-0.4, -0.2) is 22.5 Å². The molecule has 0 saturated carbocycles. The van der Waals surface area contributed by atoms with Crippen molar-refractivity contribution in [3.63, 3.8) is 0 Å². The number of thiophene rings is 1. The highest BCUT2D eigenvalue weighted by Crippen LogP contribution is 2.33. The summed E-state index contributed by atoms with van der Waals surface area (Å²) in [4.78, 5) is 20.7. The van der Waals surface area contributed by atoms with Gasteiger partial charge in [0.05, 0.1) is 12.0 Å². The summed E-state index contributed by atoms with van der Waals surface area (Å²) in [5.41, 5.74) is 6.50. The van der Waals surface area contributed by atoms with Gasteiger partial charge in [-0.25, -0.2) is 14.8 Å². The van der Waals surface area contributed by atoms with E-state index in [9.17, 15) is 4.79 Å². The van der Waals surface area contributed by atoms with E-state index in [-0.39, 0.29) is 17.1 Å². The second-order valence-corrected chi connectivity index (χ2v) is 4.67. The molecule has 0 aromatic carbocycles. The number of ether oxygens (including phenoxy) is 1. The molecule has 0 saturated heterocycles. The van der Waals surface area contributed by atoms with Crippen molar-refractivity contribution in [1.29, 1.82) is 0 Å². The summed E-state index contributed by atoms with van der Waals surface area (Å²) in [5, 5.41) is 0.745. The molecule has 0 radical (unpaired) electrons. The second kappa shape index (κ2) is 4.46. The Morgan fingerprint density at radius 3 is 2.88 bits per heavy atom. The molecular weight excluding hydrogens is 262 g/mol. The highest BCUT2D eigenvalue weighted by Gasteiger charge is 2.19. The number of nitrogens with two attached hydrogens (primary N) is 1. The van der Waals surface area contributed by atoms with E-state index in [1.165, 1.54) is 11.3 Å². The number of esters is 1. The van der Waals surface area contributed by atoms with Crippen LogP contribution in [0, 0.1) is 6.92 Å². The smallest absolute Gasteiger partial charge is 0.348 e. The summed E-state index contributed by atoms with van der Waals surface area (Å²) in [5.74, 6) is -0.0900. The Balaban J connectivity index is 2.64. The average Bonchev–Trinajstić information content (AvgIpc) is 2.56. The first-order valence-corrected chi connectivity index (χ1v) is 6.13. The molecule has 2 aromatic heterocycles. The molecule has 0 unspecified atom stereocenters. The van der Waals surface area contributed by atoms with Gasteiger partial charge in [0.2, 0.25) is 5.28 Å². The predicted octanol–water partition coefficient (Wildman–Crippen LogP) is 2.41. The van der Waals surface area contributed by atoms with Gasteiger partial charge < -0.3 is 10.5 Å². The van der Waals surface area contributed by atoms with Crippen molar-refractivity contribution in [2.75, 3.05) is 12.3 Å². The fraction of sp³-hybridized carbons (Fsp3) is 0.300. The first-order valence-electron chi connectivity index (χ1n) is 4.93. The summed E-state index contributed by atoms with van der Waals surface area (Å²) in [6.07, 6.45) is 0. The standard InChI is InChI=1S/C10H10ClN3O2S/c1-3-16-9(15)6-4(2)5-7(12)13-10(11)14-8(5)17-6/h3H2,1-2H3,(H2,12,13,14). The zero-order valence-electron chi connectivity index (χ0n) is 9.28. The van der Waals surface area contributed by atoms with Crippen LogP contribution in [0.15, 0.2) is 0 Å². The monoisotopic (exact) mass is 271 g/mol. The molecule has 2 rings (SSSR count). The summed E-state index contributed by atoms with van der Waals surface area (Å²) in [6, 6.07) is 0. The van der Waals surface area contributed by atoms with Gasteiger partial charge in [-0.3, -0.25) is 0 Å². The number of nitrogen functional groups attached to an aromatic ring is 1. The van der Waals surface area contributed by atoms with Crippen LogP contribution in [0.5, 0.6) is 0 Å². The van der Waals surface area contributed by atoms with E-state index >= 15 is 0 Å². The fourth-order valence-corrected chi connectivity index (χ4v) is 2.84. The maximum absolute atomic E-state index is 11.7. The Bertz CT molecular complexity index is 597. The van der Waals surface area contributed by atoms with Crippen molar-refractivity contribution in [3.05, 3.63) is 15.7 Å². The van der Waals surface area contributed by atoms with Crippen LogP contribution in [0.4, 0.5) is 5.82 Å². The van der Waals surface area contributed by atoms with E-state index in [0.29, 0.717) is 21.7 Å². The number of anilines is 1. The Labute approximate surface area is 107 Å². The molecule has 0 amide bonds. The quantitative estimate of drug-likeness (QED) is 0.670. The predicted molar refractivity (Wildman–Crippen MR) is 67.5 cm³/mol. The lowest BCUT2D eigenvalue weighted by Crippen LogP contribution is -2.03. The van der Waals surface area contributed by atoms with Gasteiger partial charge in [0.1, 0.15) is 15.5 Å². The number of fused-ring (bicyclic) bond motifs is 1. The summed E-state index contributed by atoms with van der Waals surface area (Å²) in [7, 11) is 0. The molecule has 0 spiro atoms. The topological polar surface area (TPSA) is 78.1 Å². The maximum atomic E-state index is 11.7. The largest absolute Gasteiger partial charge is 0.462 e. The normalized spacial score (nSPS) is 10.8. The molecule has 5 nitrogen and oxygen atoms in total. The van der Waals surface area contributed by atoms with E-state index in [1.54, 1.807) is 13.8 Å². The van der Waals surface area contributed by atoms with Gasteiger partial charge in [0.25, 0.3) is 0 Å². The van der Waals surface area contributed by atoms with Crippen molar-refractivity contribution in [3.8, 4) is 0 Å². The lowest BCUT2D eigenvalue weighted by atomic mass is 10.2. The first-order chi connectivity index (χ1) is 8.04. The number of nitrogens with zero attached hydrogens (tertiary/aromatic N) is 2. The van der Waals surface area contributed by atoms with Gasteiger partial charge in [-0.05, 0) is 31.0 Å². The maximum Gasteiger partial charge on any atom is 0.348 e. The van der Waals surface area contributed by atoms with Gasteiger partial charge in [0, 0.05) is 0 Å². The van der Waals surface area contributed by atoms with Crippen LogP contribution < -0.4 is 5.73 Å². The van der Waals surface area contributed by atoms with Crippen LogP contribution in [0.2, 0.25) is 5.28 Å². The minimum atomic E-state index is -0.372. The molecule has 2 aromatic rings. The molecule has 90 valence electrons. The van der Waals surface area contributed by atoms with E-state index in [1.807, 2.05) is 0 Å². The van der Waals surface area contributed by atoms with Gasteiger partial charge >= 0.3 is 5.97 Å². The van der Waals surface area contributed by atoms with E-state index < -0.39 is 0 Å². The highest BCUT2D eigenvalue weighted by molar-refractivity contribution is 7.20. The van der Waals surface area contributed by atoms with E-state index in [2.05, 4.69) is 9.97 Å². The SMILES string of the molecule is CCOC(=O)c1sc2nc(Cl)nc(N)c2c1C. The number of carbonyl (C=O) groups is 1. The number of aromatic nitrogens is 2. The molecule has 0 aliphatic heterocycles. The van der Waals surface area contributed by atoms with Crippen molar-refractivity contribution < 1.29 is 9.53 Å². The average molecular weight is 272 g/mol. The molecule has 2 N–H and O–H groups in total. The number of hydrogen-bond donors (Lipinski definition) is 1. The lowest BCUT2D eigenvalue weighted by molar-refractivity contribution is 0.0531.